The molecule has 7 heteroatoms. The number of benzene rings is 1. The zero-order chi connectivity index (χ0) is 17.2. The predicted molar refractivity (Wildman–Crippen MR) is 93.6 cm³/mol. The molecule has 3 heterocycles. The van der Waals surface area contributed by atoms with Crippen LogP contribution < -0.4 is 10.1 Å². The fourth-order valence-corrected chi connectivity index (χ4v) is 2.74. The molecule has 0 aliphatic carbocycles. The fourth-order valence-electron chi connectivity index (χ4n) is 2.74. The molecule has 3 aromatic heterocycles. The number of hydrogen-bond donors (Lipinski definition) is 2. The number of imidazole rings is 1. The summed E-state index contributed by atoms with van der Waals surface area (Å²) in [6, 6.07) is 13.4. The minimum absolute atomic E-state index is 0.0963. The van der Waals surface area contributed by atoms with Gasteiger partial charge in [0, 0.05) is 18.0 Å². The molecule has 4 rings (SSSR count). The number of nitrogens with zero attached hydrogens (tertiary/aromatic N) is 3. The second kappa shape index (κ2) is 6.54. The third-order valence-corrected chi connectivity index (χ3v) is 3.94. The van der Waals surface area contributed by atoms with Crippen molar-refractivity contribution in [3.8, 4) is 17.3 Å². The average molecular weight is 338 g/mol. The van der Waals surface area contributed by atoms with E-state index in [-0.39, 0.29) is 12.7 Å². The number of aliphatic hydroxyl groups excluding tert-OH is 1. The molecule has 0 aliphatic heterocycles. The van der Waals surface area contributed by atoms with E-state index in [0.29, 0.717) is 23.8 Å². The Balaban J connectivity index is 1.73. The normalized spacial score (nSPS) is 12.7. The molecular formula is C18H18N4O3. The van der Waals surface area contributed by atoms with Crippen LogP contribution >= 0.6 is 0 Å². The van der Waals surface area contributed by atoms with Gasteiger partial charge in [0.2, 0.25) is 5.88 Å². The van der Waals surface area contributed by atoms with Gasteiger partial charge in [-0.1, -0.05) is 18.2 Å². The van der Waals surface area contributed by atoms with Crippen LogP contribution in [0.15, 0.2) is 53.1 Å². The lowest BCUT2D eigenvalue weighted by atomic mass is 10.2. The predicted octanol–water partition coefficient (Wildman–Crippen LogP) is 2.10. The van der Waals surface area contributed by atoms with Crippen LogP contribution in [0.1, 0.15) is 0 Å². The van der Waals surface area contributed by atoms with Gasteiger partial charge in [0.05, 0.1) is 12.8 Å². The quantitative estimate of drug-likeness (QED) is 0.560. The summed E-state index contributed by atoms with van der Waals surface area (Å²) < 4.78 is 13.3. The maximum absolute atomic E-state index is 9.38. The van der Waals surface area contributed by atoms with Crippen molar-refractivity contribution >= 4 is 16.6 Å². The highest BCUT2D eigenvalue weighted by Gasteiger charge is 2.14. The van der Waals surface area contributed by atoms with E-state index in [0.717, 1.165) is 16.7 Å². The molecule has 0 spiro atoms. The topological polar surface area (TPSA) is 84.8 Å². The number of hydrogen-bond acceptors (Lipinski definition) is 6. The summed E-state index contributed by atoms with van der Waals surface area (Å²) in [5.74, 6) is 1.10. The number of para-hydroxylation sites is 1. The van der Waals surface area contributed by atoms with Crippen LogP contribution in [0, 0.1) is 0 Å². The van der Waals surface area contributed by atoms with Crippen LogP contribution in [0.25, 0.3) is 28.1 Å². The molecule has 0 radical (unpaired) electrons. The second-order valence-corrected chi connectivity index (χ2v) is 5.71. The van der Waals surface area contributed by atoms with E-state index in [1.807, 2.05) is 36.4 Å². The number of furan rings is 1. The Kier molecular flexibility index (Phi) is 4.09. The van der Waals surface area contributed by atoms with Crippen molar-refractivity contribution in [2.24, 2.45) is 0 Å². The van der Waals surface area contributed by atoms with E-state index in [2.05, 4.69) is 15.4 Å². The van der Waals surface area contributed by atoms with Gasteiger partial charge in [-0.15, -0.1) is 5.10 Å². The summed E-state index contributed by atoms with van der Waals surface area (Å²) in [6.45, 7) is 0.428. The van der Waals surface area contributed by atoms with Gasteiger partial charge in [-0.25, -0.2) is 9.50 Å². The first kappa shape index (κ1) is 15.6. The highest BCUT2D eigenvalue weighted by Crippen LogP contribution is 2.28. The van der Waals surface area contributed by atoms with Gasteiger partial charge in [-0.05, 0) is 25.2 Å². The van der Waals surface area contributed by atoms with Crippen molar-refractivity contribution in [3.05, 3.63) is 48.7 Å². The van der Waals surface area contributed by atoms with E-state index >= 15 is 0 Å². The van der Waals surface area contributed by atoms with Crippen LogP contribution in [0.4, 0.5) is 0 Å². The average Bonchev–Trinajstić information content (AvgIpc) is 3.24. The minimum atomic E-state index is -0.367. The standard InChI is InChI=1S/C18H18N4O3/c1-19-9-13(11-23)24-18-7-6-17-20-10-14(22(17)21-18)16-8-12-4-2-3-5-15(12)25-16/h2-8,10,13,19,23H,9,11H2,1H3. The van der Waals surface area contributed by atoms with Crippen molar-refractivity contribution in [3.63, 3.8) is 0 Å². The first-order valence-corrected chi connectivity index (χ1v) is 8.04. The van der Waals surface area contributed by atoms with Crippen molar-refractivity contribution in [2.45, 2.75) is 6.10 Å². The summed E-state index contributed by atoms with van der Waals surface area (Å²) >= 11 is 0. The highest BCUT2D eigenvalue weighted by atomic mass is 16.5. The Hall–Kier alpha value is -2.90. The largest absolute Gasteiger partial charge is 0.470 e. The molecule has 25 heavy (non-hydrogen) atoms. The number of rotatable bonds is 6. The lowest BCUT2D eigenvalue weighted by molar-refractivity contribution is 0.110. The molecule has 2 N–H and O–H groups in total. The molecule has 1 unspecified atom stereocenters. The van der Waals surface area contributed by atoms with E-state index in [1.165, 1.54) is 0 Å². The number of nitrogens with one attached hydrogen (secondary N) is 1. The van der Waals surface area contributed by atoms with Crippen molar-refractivity contribution in [2.75, 3.05) is 20.2 Å². The lowest BCUT2D eigenvalue weighted by Crippen LogP contribution is -2.32. The smallest absolute Gasteiger partial charge is 0.232 e. The van der Waals surface area contributed by atoms with Crippen LogP contribution in [0.5, 0.6) is 5.88 Å². The van der Waals surface area contributed by atoms with E-state index < -0.39 is 0 Å². The van der Waals surface area contributed by atoms with E-state index in [4.69, 9.17) is 9.15 Å². The van der Waals surface area contributed by atoms with E-state index in [1.54, 1.807) is 23.8 Å². The lowest BCUT2D eigenvalue weighted by Gasteiger charge is -2.15. The Morgan fingerprint density at radius 2 is 2.16 bits per heavy atom. The molecule has 7 nitrogen and oxygen atoms in total. The van der Waals surface area contributed by atoms with Gasteiger partial charge in [0.1, 0.15) is 17.4 Å². The molecular weight excluding hydrogens is 320 g/mol. The third kappa shape index (κ3) is 2.95. The molecule has 1 atom stereocenters. The Morgan fingerprint density at radius 3 is 2.96 bits per heavy atom. The van der Waals surface area contributed by atoms with Crippen LogP contribution in [0.2, 0.25) is 0 Å². The van der Waals surface area contributed by atoms with Crippen LogP contribution in [0.3, 0.4) is 0 Å². The summed E-state index contributed by atoms with van der Waals surface area (Å²) in [4.78, 5) is 4.37. The first-order valence-electron chi connectivity index (χ1n) is 8.04. The van der Waals surface area contributed by atoms with Gasteiger partial charge >= 0.3 is 0 Å². The number of aliphatic hydroxyl groups is 1. The number of aromatic nitrogens is 3. The van der Waals surface area contributed by atoms with Crippen molar-refractivity contribution in [1.29, 1.82) is 0 Å². The summed E-state index contributed by atoms with van der Waals surface area (Å²) in [6.07, 6.45) is 1.36. The van der Waals surface area contributed by atoms with Crippen molar-refractivity contribution < 1.29 is 14.3 Å². The fraction of sp³-hybridized carbons (Fsp3) is 0.222. The van der Waals surface area contributed by atoms with Gasteiger partial charge < -0.3 is 19.6 Å². The van der Waals surface area contributed by atoms with Crippen molar-refractivity contribution in [1.82, 2.24) is 19.9 Å². The third-order valence-electron chi connectivity index (χ3n) is 3.94. The SMILES string of the molecule is CNCC(CO)Oc1ccc2ncc(-c3cc4ccccc4o3)n2n1. The van der Waals surface area contributed by atoms with Crippen LogP contribution in [-0.2, 0) is 0 Å². The monoisotopic (exact) mass is 338 g/mol. The molecule has 0 amide bonds. The molecule has 1 aromatic carbocycles. The summed E-state index contributed by atoms with van der Waals surface area (Å²) in [5, 5.41) is 17.9. The summed E-state index contributed by atoms with van der Waals surface area (Å²) in [5.41, 5.74) is 2.25. The number of ether oxygens (including phenoxy) is 1. The first-order chi connectivity index (χ1) is 12.3. The molecule has 128 valence electrons. The maximum atomic E-state index is 9.38. The van der Waals surface area contributed by atoms with Gasteiger partial charge in [0.25, 0.3) is 0 Å². The van der Waals surface area contributed by atoms with Gasteiger partial charge in [-0.3, -0.25) is 0 Å². The number of likely N-dealkylation sites (N-methyl/N-ethyl adjacent to an activating group) is 1. The minimum Gasteiger partial charge on any atom is -0.470 e. The second-order valence-electron chi connectivity index (χ2n) is 5.71. The molecule has 0 fully saturated rings. The maximum Gasteiger partial charge on any atom is 0.232 e. The summed E-state index contributed by atoms with van der Waals surface area (Å²) in [7, 11) is 1.80. The molecule has 0 bridgehead atoms. The molecule has 0 saturated heterocycles. The Morgan fingerprint density at radius 1 is 1.28 bits per heavy atom. The van der Waals surface area contributed by atoms with E-state index in [9.17, 15) is 5.11 Å². The zero-order valence-electron chi connectivity index (χ0n) is 13.7. The van der Waals surface area contributed by atoms with Crippen LogP contribution in [-0.4, -0.2) is 46.0 Å². The highest BCUT2D eigenvalue weighted by molar-refractivity contribution is 5.82. The Bertz CT molecular complexity index is 975. The Labute approximate surface area is 143 Å². The number of fused-ring (bicyclic) bond motifs is 2. The molecule has 0 saturated carbocycles. The van der Waals surface area contributed by atoms with Gasteiger partial charge in [0.15, 0.2) is 11.4 Å². The zero-order valence-corrected chi connectivity index (χ0v) is 13.7. The molecule has 4 aromatic rings. The molecule has 0 aliphatic rings. The van der Waals surface area contributed by atoms with Gasteiger partial charge in [-0.2, -0.15) is 0 Å².